The lowest BCUT2D eigenvalue weighted by Crippen LogP contribution is -2.20. The summed E-state index contributed by atoms with van der Waals surface area (Å²) in [5.74, 6) is 0.573. The molecule has 1 heterocycles. The van der Waals surface area contributed by atoms with Gasteiger partial charge in [0, 0.05) is 19.0 Å². The molecule has 1 atom stereocenters. The molecule has 2 aromatic carbocycles. The summed E-state index contributed by atoms with van der Waals surface area (Å²) >= 11 is 0. The first-order valence-corrected chi connectivity index (χ1v) is 7.08. The van der Waals surface area contributed by atoms with E-state index >= 15 is 0 Å². The van der Waals surface area contributed by atoms with Crippen molar-refractivity contribution in [3.05, 3.63) is 65.2 Å². The molecule has 0 amide bonds. The van der Waals surface area contributed by atoms with Crippen LogP contribution in [0.4, 0.5) is 5.69 Å². The number of nitrogens with zero attached hydrogens (tertiary/aromatic N) is 2. The summed E-state index contributed by atoms with van der Waals surface area (Å²) in [5, 5.41) is 9.31. The van der Waals surface area contributed by atoms with Gasteiger partial charge in [-0.1, -0.05) is 36.4 Å². The van der Waals surface area contributed by atoms with Gasteiger partial charge < -0.3 is 4.90 Å². The Labute approximate surface area is 120 Å². The molecule has 0 aromatic heterocycles. The molecule has 1 fully saturated rings. The highest BCUT2D eigenvalue weighted by Crippen LogP contribution is 2.32. The van der Waals surface area contributed by atoms with Crippen molar-refractivity contribution in [1.82, 2.24) is 0 Å². The smallest absolute Gasteiger partial charge is 0.101 e. The first-order chi connectivity index (χ1) is 9.78. The van der Waals surface area contributed by atoms with Crippen LogP contribution in [-0.4, -0.2) is 13.1 Å². The number of hydrogen-bond donors (Lipinski definition) is 0. The third kappa shape index (κ3) is 2.40. The van der Waals surface area contributed by atoms with Gasteiger partial charge in [-0.25, -0.2) is 0 Å². The van der Waals surface area contributed by atoms with E-state index in [1.165, 1.54) is 5.56 Å². The summed E-state index contributed by atoms with van der Waals surface area (Å²) < 4.78 is 0. The molecule has 0 aliphatic carbocycles. The van der Waals surface area contributed by atoms with Crippen molar-refractivity contribution in [2.24, 2.45) is 0 Å². The van der Waals surface area contributed by atoms with Crippen LogP contribution in [0.3, 0.4) is 0 Å². The maximum Gasteiger partial charge on any atom is 0.101 e. The second-order valence-electron chi connectivity index (χ2n) is 5.47. The first-order valence-electron chi connectivity index (χ1n) is 7.08. The van der Waals surface area contributed by atoms with E-state index < -0.39 is 0 Å². The van der Waals surface area contributed by atoms with Crippen LogP contribution in [0, 0.1) is 18.3 Å². The van der Waals surface area contributed by atoms with Gasteiger partial charge in [-0.2, -0.15) is 5.26 Å². The van der Waals surface area contributed by atoms with Crippen molar-refractivity contribution in [2.45, 2.75) is 19.3 Å². The average Bonchev–Trinajstić information content (AvgIpc) is 2.97. The Hall–Kier alpha value is -2.27. The molecule has 1 unspecified atom stereocenters. The summed E-state index contributed by atoms with van der Waals surface area (Å²) in [6.45, 7) is 4.06. The van der Waals surface area contributed by atoms with Crippen molar-refractivity contribution in [1.29, 1.82) is 5.26 Å². The first kappa shape index (κ1) is 12.7. The Morgan fingerprint density at radius 3 is 2.70 bits per heavy atom. The van der Waals surface area contributed by atoms with Gasteiger partial charge in [0.2, 0.25) is 0 Å². The molecule has 2 heteroatoms. The lowest BCUT2D eigenvalue weighted by atomic mass is 9.99. The van der Waals surface area contributed by atoms with E-state index in [0.29, 0.717) is 5.92 Å². The van der Waals surface area contributed by atoms with Gasteiger partial charge in [-0.15, -0.1) is 0 Å². The molecule has 20 heavy (non-hydrogen) atoms. The maximum absolute atomic E-state index is 9.31. The Morgan fingerprint density at radius 1 is 1.15 bits per heavy atom. The molecule has 100 valence electrons. The van der Waals surface area contributed by atoms with Gasteiger partial charge in [0.1, 0.15) is 6.07 Å². The second kappa shape index (κ2) is 5.38. The van der Waals surface area contributed by atoms with Gasteiger partial charge in [0.15, 0.2) is 0 Å². The highest BCUT2D eigenvalue weighted by Gasteiger charge is 2.25. The lowest BCUT2D eigenvalue weighted by Gasteiger charge is -2.20. The van der Waals surface area contributed by atoms with Crippen LogP contribution >= 0.6 is 0 Å². The molecule has 1 aliphatic rings. The van der Waals surface area contributed by atoms with Crippen molar-refractivity contribution < 1.29 is 0 Å². The molecule has 0 bridgehead atoms. The van der Waals surface area contributed by atoms with Crippen LogP contribution in [-0.2, 0) is 0 Å². The Bertz CT molecular complexity index is 640. The zero-order valence-electron chi connectivity index (χ0n) is 11.7. The van der Waals surface area contributed by atoms with Crippen LogP contribution in [0.1, 0.15) is 29.0 Å². The topological polar surface area (TPSA) is 27.0 Å². The maximum atomic E-state index is 9.31. The molecule has 1 saturated heterocycles. The number of rotatable bonds is 2. The normalized spacial score (nSPS) is 18.0. The Kier molecular flexibility index (Phi) is 3.43. The van der Waals surface area contributed by atoms with E-state index in [-0.39, 0.29) is 0 Å². The number of nitriles is 1. The quantitative estimate of drug-likeness (QED) is 0.821. The van der Waals surface area contributed by atoms with Gasteiger partial charge in [0.25, 0.3) is 0 Å². The predicted molar refractivity (Wildman–Crippen MR) is 81.9 cm³/mol. The summed E-state index contributed by atoms with van der Waals surface area (Å²) in [7, 11) is 0. The predicted octanol–water partition coefficient (Wildman–Crippen LogP) is 3.86. The Balaban J connectivity index is 1.83. The number of aryl methyl sites for hydroxylation is 1. The molecule has 0 spiro atoms. The summed E-state index contributed by atoms with van der Waals surface area (Å²) in [6, 6.07) is 19.1. The monoisotopic (exact) mass is 262 g/mol. The molecule has 3 rings (SSSR count). The van der Waals surface area contributed by atoms with Crippen molar-refractivity contribution >= 4 is 5.69 Å². The highest BCUT2D eigenvalue weighted by atomic mass is 15.2. The summed E-state index contributed by atoms with van der Waals surface area (Å²) in [6.07, 6.45) is 1.16. The van der Waals surface area contributed by atoms with E-state index in [1.54, 1.807) is 0 Å². The highest BCUT2D eigenvalue weighted by molar-refractivity contribution is 5.61. The molecule has 0 N–H and O–H groups in total. The van der Waals surface area contributed by atoms with E-state index in [9.17, 15) is 5.26 Å². The molecular weight excluding hydrogens is 244 g/mol. The van der Waals surface area contributed by atoms with Crippen LogP contribution in [0.5, 0.6) is 0 Å². The standard InChI is InChI=1S/C18H18N2/c1-14-7-8-18(17(11-14)12-19)20-10-9-16(13-20)15-5-3-2-4-6-15/h2-8,11,16H,9-10,13H2,1H3. The van der Waals surface area contributed by atoms with Crippen molar-refractivity contribution in [3.63, 3.8) is 0 Å². The fourth-order valence-corrected chi connectivity index (χ4v) is 2.99. The average molecular weight is 262 g/mol. The third-order valence-electron chi connectivity index (χ3n) is 4.07. The van der Waals surface area contributed by atoms with Crippen LogP contribution in [0.2, 0.25) is 0 Å². The fourth-order valence-electron chi connectivity index (χ4n) is 2.99. The van der Waals surface area contributed by atoms with Crippen molar-refractivity contribution in [2.75, 3.05) is 18.0 Å². The number of benzene rings is 2. The van der Waals surface area contributed by atoms with Gasteiger partial charge in [0.05, 0.1) is 11.3 Å². The minimum Gasteiger partial charge on any atom is -0.370 e. The minimum absolute atomic E-state index is 0.573. The van der Waals surface area contributed by atoms with E-state index in [0.717, 1.165) is 36.3 Å². The summed E-state index contributed by atoms with van der Waals surface area (Å²) in [4.78, 5) is 2.34. The lowest BCUT2D eigenvalue weighted by molar-refractivity contribution is 0.775. The second-order valence-corrected chi connectivity index (χ2v) is 5.47. The van der Waals surface area contributed by atoms with E-state index in [1.807, 2.05) is 13.0 Å². The third-order valence-corrected chi connectivity index (χ3v) is 4.07. The SMILES string of the molecule is Cc1ccc(N2CCC(c3ccccc3)C2)c(C#N)c1. The summed E-state index contributed by atoms with van der Waals surface area (Å²) in [5.41, 5.74) is 4.42. The van der Waals surface area contributed by atoms with Crippen LogP contribution in [0.25, 0.3) is 0 Å². The molecule has 1 aliphatic heterocycles. The fraction of sp³-hybridized carbons (Fsp3) is 0.278. The zero-order valence-corrected chi connectivity index (χ0v) is 11.7. The molecule has 0 radical (unpaired) electrons. The minimum atomic E-state index is 0.573. The number of hydrogen-bond acceptors (Lipinski definition) is 2. The zero-order chi connectivity index (χ0) is 13.9. The van der Waals surface area contributed by atoms with Crippen LogP contribution in [0.15, 0.2) is 48.5 Å². The van der Waals surface area contributed by atoms with Gasteiger partial charge in [-0.3, -0.25) is 0 Å². The van der Waals surface area contributed by atoms with E-state index in [2.05, 4.69) is 53.4 Å². The molecule has 2 nitrogen and oxygen atoms in total. The number of anilines is 1. The van der Waals surface area contributed by atoms with Gasteiger partial charge in [-0.05, 0) is 36.6 Å². The molecule has 2 aromatic rings. The molecule has 0 saturated carbocycles. The van der Waals surface area contributed by atoms with Crippen LogP contribution < -0.4 is 4.90 Å². The molecular formula is C18H18N2. The Morgan fingerprint density at radius 2 is 1.95 bits per heavy atom. The largest absolute Gasteiger partial charge is 0.370 e. The van der Waals surface area contributed by atoms with E-state index in [4.69, 9.17) is 0 Å². The van der Waals surface area contributed by atoms with Crippen molar-refractivity contribution in [3.8, 4) is 6.07 Å². The van der Waals surface area contributed by atoms with Gasteiger partial charge >= 0.3 is 0 Å².